The number of aromatic nitrogens is 1. The van der Waals surface area contributed by atoms with Gasteiger partial charge < -0.3 is 25.6 Å². The maximum atomic E-state index is 13.7. The fourth-order valence-electron chi connectivity index (χ4n) is 4.92. The summed E-state index contributed by atoms with van der Waals surface area (Å²) in [6, 6.07) is 6.64. The molecule has 2 aromatic rings. The third kappa shape index (κ3) is 8.84. The highest BCUT2D eigenvalue weighted by molar-refractivity contribution is 5.94. The average Bonchev–Trinajstić information content (AvgIpc) is 3.00. The van der Waals surface area contributed by atoms with Crippen molar-refractivity contribution in [2.45, 2.75) is 78.1 Å². The van der Waals surface area contributed by atoms with Crippen LogP contribution in [0.3, 0.4) is 0 Å². The topological polar surface area (TPSA) is 170 Å². The first-order valence-electron chi connectivity index (χ1n) is 14.9. The zero-order chi connectivity index (χ0) is 32.6. The molecule has 12 nitrogen and oxygen atoms in total. The van der Waals surface area contributed by atoms with Gasteiger partial charge in [0.25, 0.3) is 5.91 Å². The van der Waals surface area contributed by atoms with Gasteiger partial charge in [0.1, 0.15) is 18.1 Å². The number of aliphatic carboxylic acids is 1. The number of methoxy groups -OCH3 is 1. The lowest BCUT2D eigenvalue weighted by Gasteiger charge is -2.34. The third-order valence-electron chi connectivity index (χ3n) is 7.87. The Labute approximate surface area is 258 Å². The van der Waals surface area contributed by atoms with Crippen molar-refractivity contribution in [1.29, 1.82) is 0 Å². The molecule has 1 saturated heterocycles. The Bertz CT molecular complexity index is 1380. The molecule has 5 N–H and O–H groups in total. The van der Waals surface area contributed by atoms with Crippen molar-refractivity contribution in [3.63, 3.8) is 0 Å². The van der Waals surface area contributed by atoms with Crippen LogP contribution in [0, 0.1) is 11.3 Å². The second-order valence-electron chi connectivity index (χ2n) is 11.9. The Morgan fingerprint density at radius 1 is 1.16 bits per heavy atom. The van der Waals surface area contributed by atoms with Crippen molar-refractivity contribution in [1.82, 2.24) is 26.1 Å². The Morgan fingerprint density at radius 3 is 2.50 bits per heavy atom. The molecule has 1 fully saturated rings. The molecule has 44 heavy (non-hydrogen) atoms. The van der Waals surface area contributed by atoms with Crippen molar-refractivity contribution in [3.05, 3.63) is 47.7 Å². The summed E-state index contributed by atoms with van der Waals surface area (Å²) in [5.74, 6) is -2.70. The number of ether oxygens (including phenoxy) is 1. The van der Waals surface area contributed by atoms with E-state index < -0.39 is 47.4 Å². The quantitative estimate of drug-likeness (QED) is 0.228. The van der Waals surface area contributed by atoms with Gasteiger partial charge in [-0.2, -0.15) is 0 Å². The molecule has 0 radical (unpaired) electrons. The van der Waals surface area contributed by atoms with Crippen molar-refractivity contribution >= 4 is 40.7 Å². The van der Waals surface area contributed by atoms with Gasteiger partial charge in [0, 0.05) is 25.6 Å². The van der Waals surface area contributed by atoms with Crippen LogP contribution in [0.15, 0.2) is 36.4 Å². The average molecular weight is 612 g/mol. The number of nitrogens with zero attached hydrogens (tertiary/aromatic N) is 2. The Balaban J connectivity index is 1.75. The van der Waals surface area contributed by atoms with E-state index in [-0.39, 0.29) is 11.8 Å². The maximum absolute atomic E-state index is 13.7. The van der Waals surface area contributed by atoms with Gasteiger partial charge in [-0.1, -0.05) is 44.2 Å². The zero-order valence-corrected chi connectivity index (χ0v) is 26.3. The summed E-state index contributed by atoms with van der Waals surface area (Å²) in [7, 11) is 1.55. The molecule has 2 heterocycles. The van der Waals surface area contributed by atoms with Gasteiger partial charge in [0.05, 0.1) is 22.7 Å². The number of aliphatic hydroxyl groups is 1. The molecule has 3 amide bonds. The Hall–Kier alpha value is -3.87. The highest BCUT2D eigenvalue weighted by atomic mass is 16.5. The van der Waals surface area contributed by atoms with Gasteiger partial charge in [-0.25, -0.2) is 5.43 Å². The summed E-state index contributed by atoms with van der Waals surface area (Å²) in [6.45, 7) is 9.18. The number of amides is 3. The van der Waals surface area contributed by atoms with Crippen LogP contribution in [0.4, 0.5) is 0 Å². The molecule has 1 aliphatic heterocycles. The van der Waals surface area contributed by atoms with E-state index in [9.17, 15) is 29.4 Å². The largest absolute Gasteiger partial charge is 0.480 e. The highest BCUT2D eigenvalue weighted by Gasteiger charge is 2.36. The number of carboxylic acids is 1. The number of benzene rings is 1. The van der Waals surface area contributed by atoms with E-state index in [0.29, 0.717) is 43.6 Å². The smallest absolute Gasteiger partial charge is 0.322 e. The van der Waals surface area contributed by atoms with Crippen LogP contribution in [0.1, 0.15) is 71.2 Å². The van der Waals surface area contributed by atoms with E-state index in [2.05, 4.69) is 21.0 Å². The lowest BCUT2D eigenvalue weighted by Crippen LogP contribution is -2.61. The molecule has 0 saturated carbocycles. The van der Waals surface area contributed by atoms with Gasteiger partial charge >= 0.3 is 5.97 Å². The molecule has 0 bridgehead atoms. The van der Waals surface area contributed by atoms with Crippen LogP contribution < -0.4 is 16.1 Å². The number of hydrogen-bond donors (Lipinski definition) is 5. The molecular formula is C32H45N5O7. The van der Waals surface area contributed by atoms with Crippen LogP contribution in [-0.4, -0.2) is 82.3 Å². The minimum absolute atomic E-state index is 0.295. The molecule has 240 valence electrons. The number of aliphatic hydroxyl groups excluding tert-OH is 1. The summed E-state index contributed by atoms with van der Waals surface area (Å²) >= 11 is 0. The number of hydrogen-bond acceptors (Lipinski definition) is 8. The maximum Gasteiger partial charge on any atom is 0.322 e. The standard InChI is InChI=1S/C32H45N5O7/c1-19(2)27(28(39)33-20(3)29(40)37-16-7-8-25(36-37)30(41)42)35-31(43)32(5,15-17-44-6)14-13-22-9-10-23-11-12-24(21(4)38)34-26(23)18-22/h9-14,18-21,25,27,36,38H,7-8,15-17H2,1-6H3,(H,33,39)(H,35,43)(H,41,42)/b14-13+/t20-,21+,25-,27-,32?/m0/s1. The molecule has 12 heteroatoms. The Morgan fingerprint density at radius 2 is 1.86 bits per heavy atom. The number of pyridine rings is 1. The molecular weight excluding hydrogens is 566 g/mol. The number of carbonyl (C=O) groups is 4. The van der Waals surface area contributed by atoms with Crippen LogP contribution in [0.25, 0.3) is 17.0 Å². The lowest BCUT2D eigenvalue weighted by molar-refractivity contribution is -0.148. The monoisotopic (exact) mass is 611 g/mol. The number of fused-ring (bicyclic) bond motifs is 1. The first-order valence-corrected chi connectivity index (χ1v) is 14.9. The molecule has 1 aliphatic rings. The number of carboxylic acid groups (broad SMARTS) is 1. The van der Waals surface area contributed by atoms with Crippen LogP contribution in [-0.2, 0) is 23.9 Å². The molecule has 0 aliphatic carbocycles. The van der Waals surface area contributed by atoms with Crippen LogP contribution >= 0.6 is 0 Å². The van der Waals surface area contributed by atoms with E-state index in [0.717, 1.165) is 10.9 Å². The van der Waals surface area contributed by atoms with Gasteiger partial charge in [0.15, 0.2) is 0 Å². The Kier molecular flexibility index (Phi) is 12.0. The third-order valence-corrected chi connectivity index (χ3v) is 7.87. The summed E-state index contributed by atoms with van der Waals surface area (Å²) in [6.07, 6.45) is 4.18. The number of hydrazine groups is 1. The number of carbonyl (C=O) groups excluding carboxylic acids is 3. The second-order valence-corrected chi connectivity index (χ2v) is 11.9. The number of nitrogens with one attached hydrogen (secondary N) is 3. The fraction of sp³-hybridized carbons (Fsp3) is 0.531. The van der Waals surface area contributed by atoms with Gasteiger partial charge in [0.2, 0.25) is 11.8 Å². The van der Waals surface area contributed by atoms with E-state index in [1.54, 1.807) is 46.9 Å². The molecule has 0 spiro atoms. The molecule has 1 unspecified atom stereocenters. The van der Waals surface area contributed by atoms with Crippen molar-refractivity contribution in [2.24, 2.45) is 11.3 Å². The van der Waals surface area contributed by atoms with Crippen molar-refractivity contribution < 1.29 is 34.1 Å². The van der Waals surface area contributed by atoms with E-state index in [1.165, 1.54) is 11.9 Å². The van der Waals surface area contributed by atoms with Crippen molar-refractivity contribution in [2.75, 3.05) is 20.3 Å². The molecule has 5 atom stereocenters. The molecule has 3 rings (SSSR count). The summed E-state index contributed by atoms with van der Waals surface area (Å²) in [5.41, 5.74) is 3.75. The zero-order valence-electron chi connectivity index (χ0n) is 26.3. The predicted molar refractivity (Wildman–Crippen MR) is 166 cm³/mol. The number of rotatable bonds is 13. The second kappa shape index (κ2) is 15.2. The van der Waals surface area contributed by atoms with E-state index in [4.69, 9.17) is 4.74 Å². The molecule has 1 aromatic heterocycles. The van der Waals surface area contributed by atoms with E-state index in [1.807, 2.05) is 30.3 Å². The van der Waals surface area contributed by atoms with Crippen LogP contribution in [0.5, 0.6) is 0 Å². The predicted octanol–water partition coefficient (Wildman–Crippen LogP) is 2.57. The van der Waals surface area contributed by atoms with Gasteiger partial charge in [-0.3, -0.25) is 29.2 Å². The fourth-order valence-corrected chi connectivity index (χ4v) is 4.92. The highest BCUT2D eigenvalue weighted by Crippen LogP contribution is 2.27. The first-order chi connectivity index (χ1) is 20.7. The first kappa shape index (κ1) is 34.6. The van der Waals surface area contributed by atoms with Crippen LogP contribution in [0.2, 0.25) is 0 Å². The van der Waals surface area contributed by atoms with Crippen molar-refractivity contribution in [3.8, 4) is 0 Å². The minimum atomic E-state index is -1.05. The summed E-state index contributed by atoms with van der Waals surface area (Å²) < 4.78 is 5.28. The van der Waals surface area contributed by atoms with E-state index >= 15 is 0 Å². The summed E-state index contributed by atoms with van der Waals surface area (Å²) in [4.78, 5) is 55.9. The normalized spacial score (nSPS) is 18.9. The minimum Gasteiger partial charge on any atom is -0.480 e. The van der Waals surface area contributed by atoms with Gasteiger partial charge in [-0.15, -0.1) is 0 Å². The van der Waals surface area contributed by atoms with Gasteiger partial charge in [-0.05, 0) is 63.6 Å². The summed E-state index contributed by atoms with van der Waals surface area (Å²) in [5, 5.41) is 26.9. The SMILES string of the molecule is COCCC(C)(/C=C/c1ccc2ccc([C@@H](C)O)nc2c1)C(=O)N[C@H](C(=O)N[C@@H](C)C(=O)N1CCC[C@@H](C(=O)O)N1)C(C)C. The molecule has 1 aromatic carbocycles. The lowest BCUT2D eigenvalue weighted by atomic mass is 9.84.